The van der Waals surface area contributed by atoms with Crippen LogP contribution >= 0.6 is 22.6 Å². The first kappa shape index (κ1) is 15.8. The van der Waals surface area contributed by atoms with Crippen LogP contribution in [0.1, 0.15) is 30.1 Å². The lowest BCUT2D eigenvalue weighted by molar-refractivity contribution is -0.138. The molecule has 0 spiro atoms. The SMILES string of the molecule is Cc1ccc(C(CI)OCCCC(F)(F)F)cc1. The lowest BCUT2D eigenvalue weighted by atomic mass is 10.1. The van der Waals surface area contributed by atoms with Crippen LogP contribution in [0.5, 0.6) is 0 Å². The van der Waals surface area contributed by atoms with Gasteiger partial charge in [0, 0.05) is 17.5 Å². The molecule has 0 N–H and O–H groups in total. The maximum Gasteiger partial charge on any atom is 0.389 e. The third-order valence-electron chi connectivity index (χ3n) is 2.51. The number of halogens is 4. The number of benzene rings is 1. The van der Waals surface area contributed by atoms with Crippen LogP contribution in [0.4, 0.5) is 13.2 Å². The molecule has 1 unspecified atom stereocenters. The van der Waals surface area contributed by atoms with Gasteiger partial charge in [-0.2, -0.15) is 13.2 Å². The molecule has 0 aromatic heterocycles. The Bertz CT molecular complexity index is 348. The van der Waals surface area contributed by atoms with Crippen LogP contribution < -0.4 is 0 Å². The molecule has 102 valence electrons. The fourth-order valence-electron chi connectivity index (χ4n) is 1.51. The van der Waals surface area contributed by atoms with E-state index in [1.54, 1.807) is 0 Å². The van der Waals surface area contributed by atoms with E-state index in [1.807, 2.05) is 31.2 Å². The highest BCUT2D eigenvalue weighted by Gasteiger charge is 2.26. The fourth-order valence-corrected chi connectivity index (χ4v) is 2.27. The van der Waals surface area contributed by atoms with Gasteiger partial charge < -0.3 is 4.74 Å². The molecular weight excluding hydrogens is 356 g/mol. The van der Waals surface area contributed by atoms with Crippen LogP contribution in [-0.2, 0) is 4.74 Å². The Balaban J connectivity index is 2.40. The van der Waals surface area contributed by atoms with Gasteiger partial charge in [-0.3, -0.25) is 0 Å². The molecule has 1 atom stereocenters. The Morgan fingerprint density at radius 3 is 2.33 bits per heavy atom. The highest BCUT2D eigenvalue weighted by molar-refractivity contribution is 14.1. The molecule has 1 aromatic carbocycles. The third-order valence-corrected chi connectivity index (χ3v) is 3.31. The van der Waals surface area contributed by atoms with Crippen molar-refractivity contribution in [2.75, 3.05) is 11.0 Å². The molecule has 0 heterocycles. The molecule has 0 saturated carbocycles. The first-order chi connectivity index (χ1) is 8.42. The van der Waals surface area contributed by atoms with E-state index in [0.29, 0.717) is 0 Å². The monoisotopic (exact) mass is 372 g/mol. The summed E-state index contributed by atoms with van der Waals surface area (Å²) in [6.07, 6.45) is -4.98. The van der Waals surface area contributed by atoms with Gasteiger partial charge in [0.15, 0.2) is 0 Å². The van der Waals surface area contributed by atoms with Crippen molar-refractivity contribution in [3.8, 4) is 0 Å². The normalized spacial score (nSPS) is 13.6. The number of ether oxygens (including phenoxy) is 1. The van der Waals surface area contributed by atoms with Crippen LogP contribution in [0.3, 0.4) is 0 Å². The van der Waals surface area contributed by atoms with E-state index < -0.39 is 12.6 Å². The highest BCUT2D eigenvalue weighted by atomic mass is 127. The second kappa shape index (κ2) is 7.33. The van der Waals surface area contributed by atoms with Crippen molar-refractivity contribution in [1.29, 1.82) is 0 Å². The quantitative estimate of drug-likeness (QED) is 0.395. The van der Waals surface area contributed by atoms with Crippen molar-refractivity contribution in [3.63, 3.8) is 0 Å². The van der Waals surface area contributed by atoms with Gasteiger partial charge in [-0.15, -0.1) is 0 Å². The van der Waals surface area contributed by atoms with Crippen molar-refractivity contribution < 1.29 is 17.9 Å². The molecule has 1 nitrogen and oxygen atoms in total. The minimum absolute atomic E-state index is 0.0164. The van der Waals surface area contributed by atoms with Gasteiger partial charge in [0.25, 0.3) is 0 Å². The van der Waals surface area contributed by atoms with Crippen LogP contribution in [0, 0.1) is 6.92 Å². The molecule has 0 fully saturated rings. The van der Waals surface area contributed by atoms with Crippen LogP contribution in [0.25, 0.3) is 0 Å². The first-order valence-corrected chi connectivity index (χ1v) is 7.26. The predicted octanol–water partition coefficient (Wildman–Crippen LogP) is 4.83. The van der Waals surface area contributed by atoms with Gasteiger partial charge in [0.1, 0.15) is 0 Å². The standard InChI is InChI=1S/C13H16F3IO/c1-10-3-5-11(6-4-10)12(9-17)18-8-2-7-13(14,15)16/h3-6,12H,2,7-9H2,1H3. The molecule has 5 heteroatoms. The van der Waals surface area contributed by atoms with E-state index in [-0.39, 0.29) is 19.1 Å². The summed E-state index contributed by atoms with van der Waals surface area (Å²) in [5.41, 5.74) is 2.17. The number of hydrogen-bond acceptors (Lipinski definition) is 1. The summed E-state index contributed by atoms with van der Waals surface area (Å²) in [4.78, 5) is 0. The van der Waals surface area contributed by atoms with E-state index in [9.17, 15) is 13.2 Å². The van der Waals surface area contributed by atoms with E-state index in [4.69, 9.17) is 4.74 Å². The summed E-state index contributed by atoms with van der Waals surface area (Å²) in [5, 5.41) is 0. The summed E-state index contributed by atoms with van der Waals surface area (Å²) >= 11 is 2.18. The summed E-state index contributed by atoms with van der Waals surface area (Å²) in [6.45, 7) is 2.13. The molecule has 0 radical (unpaired) electrons. The molecule has 1 rings (SSSR count). The number of alkyl halides is 4. The Hall–Kier alpha value is -0.300. The third kappa shape index (κ3) is 6.04. The van der Waals surface area contributed by atoms with Gasteiger partial charge >= 0.3 is 6.18 Å². The van der Waals surface area contributed by atoms with E-state index >= 15 is 0 Å². The van der Waals surface area contributed by atoms with Crippen LogP contribution in [0.2, 0.25) is 0 Å². The summed E-state index contributed by atoms with van der Waals surface area (Å²) in [6, 6.07) is 7.88. The van der Waals surface area contributed by atoms with Crippen molar-refractivity contribution in [3.05, 3.63) is 35.4 Å². The van der Waals surface area contributed by atoms with Crippen molar-refractivity contribution in [2.45, 2.75) is 32.0 Å². The van der Waals surface area contributed by atoms with E-state index in [1.165, 1.54) is 0 Å². The van der Waals surface area contributed by atoms with Gasteiger partial charge in [-0.25, -0.2) is 0 Å². The molecule has 1 aromatic rings. The summed E-state index contributed by atoms with van der Waals surface area (Å²) in [5.74, 6) is 0. The predicted molar refractivity (Wildman–Crippen MR) is 74.0 cm³/mol. The zero-order chi connectivity index (χ0) is 13.6. The summed E-state index contributed by atoms with van der Waals surface area (Å²) in [7, 11) is 0. The number of aryl methyl sites for hydroxylation is 1. The number of hydrogen-bond donors (Lipinski definition) is 0. The van der Waals surface area contributed by atoms with Gasteiger partial charge in [-0.1, -0.05) is 52.4 Å². The summed E-state index contributed by atoms with van der Waals surface area (Å²) < 4.78 is 42.2. The van der Waals surface area contributed by atoms with Crippen molar-refractivity contribution in [1.82, 2.24) is 0 Å². The minimum atomic E-state index is -4.09. The van der Waals surface area contributed by atoms with E-state index in [0.717, 1.165) is 15.6 Å². The van der Waals surface area contributed by atoms with Gasteiger partial charge in [0.05, 0.1) is 6.10 Å². The van der Waals surface area contributed by atoms with E-state index in [2.05, 4.69) is 22.6 Å². The molecule has 0 aliphatic heterocycles. The molecular formula is C13H16F3IO. The molecule has 0 saturated heterocycles. The molecule has 18 heavy (non-hydrogen) atoms. The Morgan fingerprint density at radius 1 is 1.22 bits per heavy atom. The lowest BCUT2D eigenvalue weighted by Crippen LogP contribution is -2.11. The Labute approximate surface area is 119 Å². The number of rotatable bonds is 6. The topological polar surface area (TPSA) is 9.23 Å². The molecule has 0 amide bonds. The Kier molecular flexibility index (Phi) is 6.42. The average molecular weight is 372 g/mol. The van der Waals surface area contributed by atoms with Crippen LogP contribution in [0.15, 0.2) is 24.3 Å². The zero-order valence-electron chi connectivity index (χ0n) is 10.1. The van der Waals surface area contributed by atoms with Crippen molar-refractivity contribution in [2.24, 2.45) is 0 Å². The smallest absolute Gasteiger partial charge is 0.373 e. The van der Waals surface area contributed by atoms with Crippen LogP contribution in [-0.4, -0.2) is 17.2 Å². The highest BCUT2D eigenvalue weighted by Crippen LogP contribution is 2.24. The minimum Gasteiger partial charge on any atom is -0.373 e. The van der Waals surface area contributed by atoms with Gasteiger partial charge in [-0.05, 0) is 18.9 Å². The maximum absolute atomic E-state index is 12.0. The largest absolute Gasteiger partial charge is 0.389 e. The lowest BCUT2D eigenvalue weighted by Gasteiger charge is -2.16. The fraction of sp³-hybridized carbons (Fsp3) is 0.538. The average Bonchev–Trinajstić information content (AvgIpc) is 2.29. The molecule has 0 aliphatic carbocycles. The first-order valence-electron chi connectivity index (χ1n) is 5.73. The second-order valence-corrected chi connectivity index (χ2v) is 5.02. The zero-order valence-corrected chi connectivity index (χ0v) is 12.3. The Morgan fingerprint density at radius 2 is 1.83 bits per heavy atom. The van der Waals surface area contributed by atoms with Crippen molar-refractivity contribution >= 4 is 22.6 Å². The second-order valence-electron chi connectivity index (χ2n) is 4.14. The molecule has 0 bridgehead atoms. The maximum atomic E-state index is 12.0. The van der Waals surface area contributed by atoms with Gasteiger partial charge in [0.2, 0.25) is 0 Å². The molecule has 0 aliphatic rings.